The zero-order valence-corrected chi connectivity index (χ0v) is 29.1. The maximum atomic E-state index is 14.0. The minimum atomic E-state index is -1.36. The average molecular weight is 675 g/mol. The molecule has 0 heterocycles. The van der Waals surface area contributed by atoms with Gasteiger partial charge in [-0.25, -0.2) is 26.3 Å². The van der Waals surface area contributed by atoms with E-state index in [1.165, 1.54) is 89.2 Å². The van der Waals surface area contributed by atoms with E-state index in [9.17, 15) is 26.3 Å². The summed E-state index contributed by atoms with van der Waals surface area (Å²) < 4.78 is 81.0. The molecule has 2 aromatic rings. The van der Waals surface area contributed by atoms with Gasteiger partial charge in [0.1, 0.15) is 0 Å². The predicted octanol–water partition coefficient (Wildman–Crippen LogP) is 13.9. The molecule has 0 N–H and O–H groups in total. The molecule has 0 nitrogen and oxygen atoms in total. The molecular weight excluding hydrogens is 618 g/mol. The fourth-order valence-electron chi connectivity index (χ4n) is 9.77. The first kappa shape index (κ1) is 37.0. The van der Waals surface area contributed by atoms with E-state index in [0.717, 1.165) is 92.2 Å². The lowest BCUT2D eigenvalue weighted by Gasteiger charge is -2.38. The van der Waals surface area contributed by atoms with Crippen molar-refractivity contribution in [2.75, 3.05) is 0 Å². The van der Waals surface area contributed by atoms with Crippen molar-refractivity contribution in [1.82, 2.24) is 0 Å². The second kappa shape index (κ2) is 17.6. The number of benzene rings is 2. The summed E-state index contributed by atoms with van der Waals surface area (Å²) in [6.07, 6.45) is 24.9. The molecule has 1 atom stereocenters. The van der Waals surface area contributed by atoms with Crippen LogP contribution in [0.15, 0.2) is 30.3 Å². The molecule has 6 heteroatoms. The topological polar surface area (TPSA) is 0 Å². The Hall–Kier alpha value is -2.24. The van der Waals surface area contributed by atoms with Crippen LogP contribution in [-0.4, -0.2) is 0 Å². The highest BCUT2D eigenvalue weighted by Gasteiger charge is 2.33. The van der Waals surface area contributed by atoms with Crippen molar-refractivity contribution >= 4 is 5.57 Å². The van der Waals surface area contributed by atoms with Crippen molar-refractivity contribution in [1.29, 1.82) is 0 Å². The van der Waals surface area contributed by atoms with E-state index in [0.29, 0.717) is 11.5 Å². The highest BCUT2D eigenvalue weighted by Crippen LogP contribution is 2.45. The van der Waals surface area contributed by atoms with Gasteiger partial charge in [-0.05, 0) is 141 Å². The number of hydrogen-bond donors (Lipinski definition) is 0. The van der Waals surface area contributed by atoms with E-state index in [4.69, 9.17) is 0 Å². The Morgan fingerprint density at radius 2 is 0.979 bits per heavy atom. The molecule has 0 aromatic heterocycles. The second-order valence-corrected chi connectivity index (χ2v) is 15.5. The summed E-state index contributed by atoms with van der Waals surface area (Å²) in [5, 5.41) is 0. The molecule has 2 aromatic carbocycles. The number of rotatable bonds is 8. The van der Waals surface area contributed by atoms with Crippen molar-refractivity contribution in [2.24, 2.45) is 35.5 Å². The maximum absolute atomic E-state index is 14.0. The van der Waals surface area contributed by atoms with Crippen LogP contribution in [0.25, 0.3) is 5.57 Å². The smallest absolute Gasteiger partial charge is 0.195 e. The summed E-state index contributed by atoms with van der Waals surface area (Å²) >= 11 is 0. The van der Waals surface area contributed by atoms with Crippen LogP contribution in [0.3, 0.4) is 0 Å². The summed E-state index contributed by atoms with van der Waals surface area (Å²) in [5.41, 5.74) is 1.44. The zero-order valence-electron chi connectivity index (χ0n) is 29.1. The first-order valence-electron chi connectivity index (χ1n) is 19.2. The van der Waals surface area contributed by atoms with Gasteiger partial charge in [-0.2, -0.15) is 0 Å². The summed E-state index contributed by atoms with van der Waals surface area (Å²) in [5.74, 6) is -1.97. The van der Waals surface area contributed by atoms with Crippen molar-refractivity contribution in [3.63, 3.8) is 0 Å². The molecule has 0 bridgehead atoms. The van der Waals surface area contributed by atoms with Gasteiger partial charge in [-0.3, -0.25) is 0 Å². The van der Waals surface area contributed by atoms with Gasteiger partial charge in [0.05, 0.1) is 0 Å². The number of allylic oxidation sites excluding steroid dienone is 2. The van der Waals surface area contributed by atoms with E-state index in [1.807, 2.05) is 0 Å². The van der Waals surface area contributed by atoms with Crippen LogP contribution in [-0.2, 0) is 0 Å². The Kier molecular flexibility index (Phi) is 13.6. The third kappa shape index (κ3) is 9.10. The molecular formula is C42H56F6. The van der Waals surface area contributed by atoms with Gasteiger partial charge in [0.2, 0.25) is 0 Å². The van der Waals surface area contributed by atoms with Crippen LogP contribution in [0, 0.1) is 70.4 Å². The van der Waals surface area contributed by atoms with Crippen LogP contribution in [0.5, 0.6) is 0 Å². The van der Waals surface area contributed by atoms with Crippen LogP contribution in [0.1, 0.15) is 153 Å². The Balaban J connectivity index is 0.000000188. The van der Waals surface area contributed by atoms with Gasteiger partial charge in [0.15, 0.2) is 34.9 Å². The van der Waals surface area contributed by atoms with Crippen LogP contribution in [0.2, 0.25) is 0 Å². The molecule has 4 aliphatic rings. The fourth-order valence-corrected chi connectivity index (χ4v) is 9.77. The van der Waals surface area contributed by atoms with Gasteiger partial charge < -0.3 is 0 Å². The van der Waals surface area contributed by atoms with Crippen LogP contribution in [0.4, 0.5) is 26.3 Å². The molecule has 6 rings (SSSR count). The quantitative estimate of drug-likeness (QED) is 0.193. The molecule has 0 saturated heterocycles. The number of halogens is 6. The Morgan fingerprint density at radius 1 is 0.500 bits per heavy atom. The Labute approximate surface area is 285 Å². The Morgan fingerprint density at radius 3 is 1.48 bits per heavy atom. The van der Waals surface area contributed by atoms with E-state index in [2.05, 4.69) is 19.9 Å². The summed E-state index contributed by atoms with van der Waals surface area (Å²) in [7, 11) is 0. The third-order valence-corrected chi connectivity index (χ3v) is 12.6. The summed E-state index contributed by atoms with van der Waals surface area (Å²) in [6, 6.07) is 4.90. The predicted molar refractivity (Wildman–Crippen MR) is 183 cm³/mol. The molecule has 3 fully saturated rings. The maximum Gasteiger partial charge on any atom is 0.195 e. The standard InChI is InChI=1S/C21H29F3.C21H27F3/c2*1-2-3-14-4-6-15(7-5-14)16-8-10-17(11-9-16)18-12-13-19(22)21(24)20(18)23/h12-17H,2-11H2,1H3;10,12-16H,2-9,11H2,1H3. The molecule has 4 aliphatic carbocycles. The highest BCUT2D eigenvalue weighted by molar-refractivity contribution is 5.66. The van der Waals surface area contributed by atoms with Gasteiger partial charge in [-0.15, -0.1) is 0 Å². The molecule has 0 amide bonds. The third-order valence-electron chi connectivity index (χ3n) is 12.6. The van der Waals surface area contributed by atoms with Gasteiger partial charge in [-0.1, -0.05) is 77.4 Å². The Bertz CT molecular complexity index is 1340. The van der Waals surface area contributed by atoms with Crippen molar-refractivity contribution in [3.05, 3.63) is 76.4 Å². The van der Waals surface area contributed by atoms with Gasteiger partial charge >= 0.3 is 0 Å². The monoisotopic (exact) mass is 674 g/mol. The van der Waals surface area contributed by atoms with Crippen molar-refractivity contribution < 1.29 is 26.3 Å². The molecule has 266 valence electrons. The normalized spacial score (nSPS) is 29.5. The summed E-state index contributed by atoms with van der Waals surface area (Å²) in [4.78, 5) is 0. The molecule has 48 heavy (non-hydrogen) atoms. The summed E-state index contributed by atoms with van der Waals surface area (Å²) in [6.45, 7) is 4.53. The average Bonchev–Trinajstić information content (AvgIpc) is 3.11. The first-order chi connectivity index (χ1) is 23.2. The lowest BCUT2D eigenvalue weighted by molar-refractivity contribution is 0.156. The highest BCUT2D eigenvalue weighted by atomic mass is 19.2. The second-order valence-electron chi connectivity index (χ2n) is 15.5. The van der Waals surface area contributed by atoms with E-state index < -0.39 is 34.9 Å². The van der Waals surface area contributed by atoms with E-state index in [-0.39, 0.29) is 11.5 Å². The van der Waals surface area contributed by atoms with E-state index in [1.54, 1.807) is 0 Å². The van der Waals surface area contributed by atoms with Gasteiger partial charge in [0, 0.05) is 5.56 Å². The van der Waals surface area contributed by atoms with E-state index >= 15 is 0 Å². The number of hydrogen-bond acceptors (Lipinski definition) is 0. The van der Waals surface area contributed by atoms with Crippen LogP contribution < -0.4 is 0 Å². The van der Waals surface area contributed by atoms with Crippen LogP contribution >= 0.6 is 0 Å². The zero-order chi connectivity index (χ0) is 34.2. The van der Waals surface area contributed by atoms with Crippen molar-refractivity contribution in [3.8, 4) is 0 Å². The lowest BCUT2D eigenvalue weighted by atomic mass is 9.68. The molecule has 0 spiro atoms. The minimum Gasteiger partial charge on any atom is -0.204 e. The first-order valence-corrected chi connectivity index (χ1v) is 19.2. The molecule has 0 radical (unpaired) electrons. The van der Waals surface area contributed by atoms with Crippen molar-refractivity contribution in [2.45, 2.75) is 142 Å². The molecule has 3 saturated carbocycles. The minimum absolute atomic E-state index is 0.0489. The fraction of sp³-hybridized carbons (Fsp3) is 0.667. The largest absolute Gasteiger partial charge is 0.204 e. The molecule has 1 unspecified atom stereocenters. The van der Waals surface area contributed by atoms with Gasteiger partial charge in [0.25, 0.3) is 0 Å². The molecule has 0 aliphatic heterocycles. The SMILES string of the molecule is CCCC1CCC(C2CC=C(c3ccc(F)c(F)c3F)CC2)CC1.CCCC1CCC(C2CCC(c3ccc(F)c(F)c3F)CC2)CC1. The lowest BCUT2D eigenvalue weighted by Crippen LogP contribution is -2.25.